The van der Waals surface area contributed by atoms with Crippen LogP contribution in [-0.2, 0) is 0 Å². The van der Waals surface area contributed by atoms with Crippen molar-refractivity contribution in [1.82, 2.24) is 5.32 Å². The number of hydrogen-bond donors (Lipinski definition) is 2. The van der Waals surface area contributed by atoms with Gasteiger partial charge in [0.25, 0.3) is 0 Å². The van der Waals surface area contributed by atoms with Gasteiger partial charge < -0.3 is 15.4 Å². The molecule has 4 heteroatoms. The SMILES string of the molecule is CNC(=O)Nc1cccc(OC(C)C)c1. The molecule has 82 valence electrons. The number of carbonyl (C=O) groups is 1. The van der Waals surface area contributed by atoms with Crippen LogP contribution >= 0.6 is 0 Å². The van der Waals surface area contributed by atoms with Crippen molar-refractivity contribution in [3.63, 3.8) is 0 Å². The Labute approximate surface area is 89.6 Å². The quantitative estimate of drug-likeness (QED) is 0.800. The second-order valence-corrected chi connectivity index (χ2v) is 3.40. The zero-order valence-corrected chi connectivity index (χ0v) is 9.20. The zero-order chi connectivity index (χ0) is 11.3. The van der Waals surface area contributed by atoms with Gasteiger partial charge in [-0.25, -0.2) is 4.79 Å². The van der Waals surface area contributed by atoms with Gasteiger partial charge in [0.2, 0.25) is 0 Å². The van der Waals surface area contributed by atoms with Crippen molar-refractivity contribution < 1.29 is 9.53 Å². The van der Waals surface area contributed by atoms with Crippen LogP contribution in [0.1, 0.15) is 13.8 Å². The summed E-state index contributed by atoms with van der Waals surface area (Å²) in [5.41, 5.74) is 0.715. The molecule has 2 N–H and O–H groups in total. The van der Waals surface area contributed by atoms with E-state index in [0.717, 1.165) is 5.75 Å². The van der Waals surface area contributed by atoms with Gasteiger partial charge >= 0.3 is 6.03 Å². The molecule has 0 bridgehead atoms. The number of benzene rings is 1. The lowest BCUT2D eigenvalue weighted by molar-refractivity contribution is 0.242. The molecule has 0 saturated heterocycles. The third-order valence-electron chi connectivity index (χ3n) is 1.69. The molecule has 1 rings (SSSR count). The van der Waals surface area contributed by atoms with E-state index in [1.807, 2.05) is 32.0 Å². The second-order valence-electron chi connectivity index (χ2n) is 3.40. The molecule has 0 unspecified atom stereocenters. The van der Waals surface area contributed by atoms with E-state index >= 15 is 0 Å². The lowest BCUT2D eigenvalue weighted by Gasteiger charge is -2.11. The van der Waals surface area contributed by atoms with Crippen molar-refractivity contribution >= 4 is 11.7 Å². The minimum atomic E-state index is -0.239. The molecule has 4 nitrogen and oxygen atoms in total. The van der Waals surface area contributed by atoms with Crippen LogP contribution in [0.4, 0.5) is 10.5 Å². The Bertz CT molecular complexity index is 337. The van der Waals surface area contributed by atoms with Gasteiger partial charge in [-0.1, -0.05) is 6.07 Å². The van der Waals surface area contributed by atoms with Crippen LogP contribution < -0.4 is 15.4 Å². The Hall–Kier alpha value is -1.71. The number of nitrogens with one attached hydrogen (secondary N) is 2. The average molecular weight is 208 g/mol. The van der Waals surface area contributed by atoms with Crippen LogP contribution in [-0.4, -0.2) is 19.2 Å². The summed E-state index contributed by atoms with van der Waals surface area (Å²) in [7, 11) is 1.57. The maximum absolute atomic E-state index is 11.1. The monoisotopic (exact) mass is 208 g/mol. The van der Waals surface area contributed by atoms with Crippen molar-refractivity contribution in [2.24, 2.45) is 0 Å². The van der Waals surface area contributed by atoms with E-state index in [0.29, 0.717) is 5.69 Å². The van der Waals surface area contributed by atoms with Gasteiger partial charge in [-0.2, -0.15) is 0 Å². The smallest absolute Gasteiger partial charge is 0.318 e. The number of rotatable bonds is 3. The molecule has 0 aliphatic rings. The first kappa shape index (κ1) is 11.4. The summed E-state index contributed by atoms with van der Waals surface area (Å²) in [6, 6.07) is 7.05. The zero-order valence-electron chi connectivity index (χ0n) is 9.20. The highest BCUT2D eigenvalue weighted by Crippen LogP contribution is 2.18. The first-order valence-electron chi connectivity index (χ1n) is 4.87. The van der Waals surface area contributed by atoms with Gasteiger partial charge in [-0.15, -0.1) is 0 Å². The third-order valence-corrected chi connectivity index (χ3v) is 1.69. The Morgan fingerprint density at radius 2 is 2.13 bits per heavy atom. The van der Waals surface area contributed by atoms with E-state index in [9.17, 15) is 4.79 Å². The first-order chi connectivity index (χ1) is 7.11. The summed E-state index contributed by atoms with van der Waals surface area (Å²) >= 11 is 0. The van der Waals surface area contributed by atoms with Crippen LogP contribution in [0.5, 0.6) is 5.75 Å². The number of anilines is 1. The predicted octanol–water partition coefficient (Wildman–Crippen LogP) is 2.23. The van der Waals surface area contributed by atoms with Gasteiger partial charge in [0.15, 0.2) is 0 Å². The van der Waals surface area contributed by atoms with Gasteiger partial charge in [-0.3, -0.25) is 0 Å². The highest BCUT2D eigenvalue weighted by atomic mass is 16.5. The van der Waals surface area contributed by atoms with Crippen molar-refractivity contribution in [1.29, 1.82) is 0 Å². The number of ether oxygens (including phenoxy) is 1. The maximum Gasteiger partial charge on any atom is 0.318 e. The lowest BCUT2D eigenvalue weighted by Crippen LogP contribution is -2.24. The Kier molecular flexibility index (Phi) is 3.97. The summed E-state index contributed by atoms with van der Waals surface area (Å²) in [5, 5.41) is 5.16. The third kappa shape index (κ3) is 3.89. The molecule has 0 heterocycles. The highest BCUT2D eigenvalue weighted by molar-refractivity contribution is 5.89. The topological polar surface area (TPSA) is 50.4 Å². The maximum atomic E-state index is 11.1. The molecule has 1 aromatic rings. The van der Waals surface area contributed by atoms with E-state index in [2.05, 4.69) is 10.6 Å². The van der Waals surface area contributed by atoms with Gasteiger partial charge in [-0.05, 0) is 26.0 Å². The fraction of sp³-hybridized carbons (Fsp3) is 0.364. The molecule has 0 atom stereocenters. The summed E-state index contributed by atoms with van der Waals surface area (Å²) in [6.45, 7) is 3.91. The van der Waals surface area contributed by atoms with Crippen LogP contribution in [0.25, 0.3) is 0 Å². The highest BCUT2D eigenvalue weighted by Gasteiger charge is 2.01. The van der Waals surface area contributed by atoms with Crippen LogP contribution in [0.3, 0.4) is 0 Å². The molecule has 0 aromatic heterocycles. The summed E-state index contributed by atoms with van der Waals surface area (Å²) in [6.07, 6.45) is 0.125. The molecule has 2 amide bonds. The van der Waals surface area contributed by atoms with Crippen molar-refractivity contribution in [3.8, 4) is 5.75 Å². The minimum absolute atomic E-state index is 0.125. The standard InChI is InChI=1S/C11H16N2O2/c1-8(2)15-10-6-4-5-9(7-10)13-11(14)12-3/h4-8H,1-3H3,(H2,12,13,14). The van der Waals surface area contributed by atoms with Crippen molar-refractivity contribution in [2.75, 3.05) is 12.4 Å². The fourth-order valence-corrected chi connectivity index (χ4v) is 1.11. The number of carbonyl (C=O) groups excluding carboxylic acids is 1. The molecule has 0 aliphatic heterocycles. The lowest BCUT2D eigenvalue weighted by atomic mass is 10.3. The normalized spacial score (nSPS) is 9.87. The Morgan fingerprint density at radius 1 is 1.40 bits per heavy atom. The molecule has 1 aromatic carbocycles. The second kappa shape index (κ2) is 5.24. The Balaban J connectivity index is 2.69. The summed E-state index contributed by atoms with van der Waals surface area (Å²) < 4.78 is 5.50. The van der Waals surface area contributed by atoms with E-state index in [1.54, 1.807) is 13.1 Å². The van der Waals surface area contributed by atoms with Gasteiger partial charge in [0, 0.05) is 18.8 Å². The molecule has 15 heavy (non-hydrogen) atoms. The van der Waals surface area contributed by atoms with Crippen LogP contribution in [0.2, 0.25) is 0 Å². The van der Waals surface area contributed by atoms with Crippen molar-refractivity contribution in [2.45, 2.75) is 20.0 Å². The van der Waals surface area contributed by atoms with Crippen LogP contribution in [0, 0.1) is 0 Å². The molecule has 0 saturated carbocycles. The molecule has 0 fully saturated rings. The van der Waals surface area contributed by atoms with Gasteiger partial charge in [0.1, 0.15) is 5.75 Å². The molecular formula is C11H16N2O2. The summed E-state index contributed by atoms with van der Waals surface area (Å²) in [5.74, 6) is 0.749. The van der Waals surface area contributed by atoms with Crippen LogP contribution in [0.15, 0.2) is 24.3 Å². The molecule has 0 radical (unpaired) electrons. The van der Waals surface area contributed by atoms with E-state index in [4.69, 9.17) is 4.74 Å². The minimum Gasteiger partial charge on any atom is -0.491 e. The number of hydrogen-bond acceptors (Lipinski definition) is 2. The van der Waals surface area contributed by atoms with Gasteiger partial charge in [0.05, 0.1) is 6.10 Å². The molecule has 0 spiro atoms. The van der Waals surface area contributed by atoms with Crippen molar-refractivity contribution in [3.05, 3.63) is 24.3 Å². The summed E-state index contributed by atoms with van der Waals surface area (Å²) in [4.78, 5) is 11.1. The fourth-order valence-electron chi connectivity index (χ4n) is 1.11. The van der Waals surface area contributed by atoms with E-state index < -0.39 is 0 Å². The number of urea groups is 1. The van der Waals surface area contributed by atoms with E-state index in [-0.39, 0.29) is 12.1 Å². The predicted molar refractivity (Wildman–Crippen MR) is 60.3 cm³/mol. The van der Waals surface area contributed by atoms with E-state index in [1.165, 1.54) is 0 Å². The average Bonchev–Trinajstić information content (AvgIpc) is 2.17. The first-order valence-corrected chi connectivity index (χ1v) is 4.87. The molecule has 0 aliphatic carbocycles. The Morgan fingerprint density at radius 3 is 2.73 bits per heavy atom. The largest absolute Gasteiger partial charge is 0.491 e. The molecular weight excluding hydrogens is 192 g/mol. The number of amides is 2.